The van der Waals surface area contributed by atoms with E-state index in [1.807, 2.05) is 45.0 Å². The maximum absolute atomic E-state index is 5.93. The minimum Gasteiger partial charge on any atom is -0.490 e. The Hall–Kier alpha value is -2.34. The summed E-state index contributed by atoms with van der Waals surface area (Å²) in [6.07, 6.45) is 1.42. The van der Waals surface area contributed by atoms with Crippen molar-refractivity contribution in [3.05, 3.63) is 36.2 Å². The van der Waals surface area contributed by atoms with E-state index in [1.54, 1.807) is 0 Å². The molecule has 2 rings (SSSR count). The van der Waals surface area contributed by atoms with Gasteiger partial charge in [-0.15, -0.1) is 0 Å². The summed E-state index contributed by atoms with van der Waals surface area (Å²) in [5.41, 5.74) is 3.41. The van der Waals surface area contributed by atoms with Crippen molar-refractivity contribution < 1.29 is 9.47 Å². The number of aromatic nitrogens is 2. The molecule has 21 heavy (non-hydrogen) atoms. The Morgan fingerprint density at radius 2 is 1.90 bits per heavy atom. The first-order valence-corrected chi connectivity index (χ1v) is 6.88. The molecule has 1 aromatic heterocycles. The number of hydrogen-bond donors (Lipinski definition) is 2. The summed E-state index contributed by atoms with van der Waals surface area (Å²) in [7, 11) is 0. The molecule has 0 unspecified atom stereocenters. The fourth-order valence-corrected chi connectivity index (χ4v) is 2.01. The van der Waals surface area contributed by atoms with Gasteiger partial charge in [-0.2, -0.15) is 0 Å². The number of nitrogens with one attached hydrogen (secondary N) is 1. The molecule has 6 heteroatoms. The van der Waals surface area contributed by atoms with Gasteiger partial charge in [-0.05, 0) is 25.0 Å². The van der Waals surface area contributed by atoms with Crippen molar-refractivity contribution in [2.24, 2.45) is 5.84 Å². The molecule has 0 fully saturated rings. The maximum atomic E-state index is 5.93. The SMILES string of the molecule is CCOc1ccccc1Oc1ncnc(NN)c1C(C)C. The highest BCUT2D eigenvalue weighted by Crippen LogP contribution is 2.36. The Balaban J connectivity index is 2.40. The van der Waals surface area contributed by atoms with Gasteiger partial charge >= 0.3 is 0 Å². The van der Waals surface area contributed by atoms with Crippen molar-refractivity contribution in [1.82, 2.24) is 9.97 Å². The highest BCUT2D eigenvalue weighted by atomic mass is 16.5. The molecular weight excluding hydrogens is 268 g/mol. The Labute approximate surface area is 124 Å². The van der Waals surface area contributed by atoms with Crippen molar-refractivity contribution in [3.63, 3.8) is 0 Å². The van der Waals surface area contributed by atoms with Crippen molar-refractivity contribution >= 4 is 5.82 Å². The average Bonchev–Trinajstić information content (AvgIpc) is 2.49. The Kier molecular flexibility index (Phi) is 4.94. The smallest absolute Gasteiger partial charge is 0.228 e. The monoisotopic (exact) mass is 288 g/mol. The van der Waals surface area contributed by atoms with Gasteiger partial charge in [-0.25, -0.2) is 15.8 Å². The van der Waals surface area contributed by atoms with Gasteiger partial charge < -0.3 is 14.9 Å². The van der Waals surface area contributed by atoms with Gasteiger partial charge in [0.1, 0.15) is 6.33 Å². The summed E-state index contributed by atoms with van der Waals surface area (Å²) in [5, 5.41) is 0. The van der Waals surface area contributed by atoms with E-state index in [-0.39, 0.29) is 5.92 Å². The molecule has 0 amide bonds. The number of hydrazine groups is 1. The summed E-state index contributed by atoms with van der Waals surface area (Å²) >= 11 is 0. The summed E-state index contributed by atoms with van der Waals surface area (Å²) in [6.45, 7) is 6.55. The van der Waals surface area contributed by atoms with Crippen molar-refractivity contribution in [2.45, 2.75) is 26.7 Å². The molecule has 0 spiro atoms. The minimum atomic E-state index is 0.159. The molecule has 0 atom stereocenters. The second-order valence-corrected chi connectivity index (χ2v) is 4.72. The van der Waals surface area contributed by atoms with Crippen molar-refractivity contribution in [2.75, 3.05) is 12.0 Å². The molecule has 2 aromatic rings. The molecule has 6 nitrogen and oxygen atoms in total. The van der Waals surface area contributed by atoms with Crippen molar-refractivity contribution in [3.8, 4) is 17.4 Å². The van der Waals surface area contributed by atoms with Crippen LogP contribution in [0.4, 0.5) is 5.82 Å². The number of nitrogen functional groups attached to an aromatic ring is 1. The van der Waals surface area contributed by atoms with E-state index in [4.69, 9.17) is 15.3 Å². The fraction of sp³-hybridized carbons (Fsp3) is 0.333. The zero-order valence-electron chi connectivity index (χ0n) is 12.5. The summed E-state index contributed by atoms with van der Waals surface area (Å²) in [4.78, 5) is 8.34. The summed E-state index contributed by atoms with van der Waals surface area (Å²) in [6, 6.07) is 7.48. The highest BCUT2D eigenvalue weighted by Gasteiger charge is 2.17. The van der Waals surface area contributed by atoms with Gasteiger partial charge in [0.15, 0.2) is 17.3 Å². The van der Waals surface area contributed by atoms with Gasteiger partial charge in [0, 0.05) is 0 Å². The van der Waals surface area contributed by atoms with Crippen molar-refractivity contribution in [1.29, 1.82) is 0 Å². The van der Waals surface area contributed by atoms with Crippen LogP contribution in [0.25, 0.3) is 0 Å². The van der Waals surface area contributed by atoms with E-state index in [2.05, 4.69) is 15.4 Å². The van der Waals surface area contributed by atoms with Crippen LogP contribution >= 0.6 is 0 Å². The quantitative estimate of drug-likeness (QED) is 0.628. The number of benzene rings is 1. The maximum Gasteiger partial charge on any atom is 0.228 e. The molecule has 1 heterocycles. The van der Waals surface area contributed by atoms with Crippen LogP contribution in [-0.2, 0) is 0 Å². The van der Waals surface area contributed by atoms with Crippen LogP contribution in [0.15, 0.2) is 30.6 Å². The van der Waals surface area contributed by atoms with E-state index in [0.717, 1.165) is 5.56 Å². The second-order valence-electron chi connectivity index (χ2n) is 4.72. The number of rotatable bonds is 6. The number of hydrogen-bond acceptors (Lipinski definition) is 6. The zero-order chi connectivity index (χ0) is 15.2. The normalized spacial score (nSPS) is 10.5. The fourth-order valence-electron chi connectivity index (χ4n) is 2.01. The topological polar surface area (TPSA) is 82.3 Å². The number of ether oxygens (including phenoxy) is 2. The van der Waals surface area contributed by atoms with E-state index < -0.39 is 0 Å². The lowest BCUT2D eigenvalue weighted by molar-refractivity contribution is 0.318. The molecule has 1 aromatic carbocycles. The molecule has 0 aliphatic carbocycles. The first kappa shape index (κ1) is 15.1. The van der Waals surface area contributed by atoms with Crippen LogP contribution in [-0.4, -0.2) is 16.6 Å². The van der Waals surface area contributed by atoms with E-state index >= 15 is 0 Å². The standard InChI is InChI=1S/C15H20N4O2/c1-4-20-11-7-5-6-8-12(11)21-15-13(10(2)3)14(19-16)17-9-18-15/h5-10H,4,16H2,1-3H3,(H,17,18,19). The average molecular weight is 288 g/mol. The van der Waals surface area contributed by atoms with Gasteiger partial charge in [0.2, 0.25) is 5.88 Å². The molecular formula is C15H20N4O2. The largest absolute Gasteiger partial charge is 0.490 e. The first-order chi connectivity index (χ1) is 10.2. The van der Waals surface area contributed by atoms with Gasteiger partial charge in [0.25, 0.3) is 0 Å². The van der Waals surface area contributed by atoms with E-state index in [1.165, 1.54) is 6.33 Å². The highest BCUT2D eigenvalue weighted by molar-refractivity contribution is 5.52. The number of anilines is 1. The molecule has 0 radical (unpaired) electrons. The van der Waals surface area contributed by atoms with Gasteiger partial charge in [-0.3, -0.25) is 0 Å². The van der Waals surface area contributed by atoms with Gasteiger partial charge in [-0.1, -0.05) is 26.0 Å². The van der Waals surface area contributed by atoms with Crippen LogP contribution < -0.4 is 20.7 Å². The minimum absolute atomic E-state index is 0.159. The number of nitrogens with two attached hydrogens (primary N) is 1. The Bertz CT molecular complexity index is 602. The second kappa shape index (κ2) is 6.90. The third kappa shape index (κ3) is 3.41. The van der Waals surface area contributed by atoms with Crippen LogP contribution in [0.2, 0.25) is 0 Å². The third-order valence-corrected chi connectivity index (χ3v) is 2.92. The molecule has 0 aliphatic heterocycles. The van der Waals surface area contributed by atoms with E-state index in [9.17, 15) is 0 Å². The predicted octanol–water partition coefficient (Wildman–Crippen LogP) is 3.08. The lowest BCUT2D eigenvalue weighted by atomic mass is 10.1. The third-order valence-electron chi connectivity index (χ3n) is 2.92. The molecule has 112 valence electrons. The van der Waals surface area contributed by atoms with E-state index in [0.29, 0.717) is 29.8 Å². The molecule has 0 saturated carbocycles. The first-order valence-electron chi connectivity index (χ1n) is 6.88. The molecule has 3 N–H and O–H groups in total. The van der Waals surface area contributed by atoms with Crippen LogP contribution in [0.1, 0.15) is 32.3 Å². The lowest BCUT2D eigenvalue weighted by Gasteiger charge is -2.16. The van der Waals surface area contributed by atoms with Crippen LogP contribution in [0.5, 0.6) is 17.4 Å². The molecule has 0 bridgehead atoms. The van der Waals surface area contributed by atoms with Gasteiger partial charge in [0.05, 0.1) is 12.2 Å². The molecule has 0 aliphatic rings. The Morgan fingerprint density at radius 3 is 2.52 bits per heavy atom. The summed E-state index contributed by atoms with van der Waals surface area (Å²) < 4.78 is 11.5. The van der Waals surface area contributed by atoms with Crippen LogP contribution in [0.3, 0.4) is 0 Å². The zero-order valence-corrected chi connectivity index (χ0v) is 12.5. The Morgan fingerprint density at radius 1 is 1.19 bits per heavy atom. The van der Waals surface area contributed by atoms with Crippen LogP contribution in [0, 0.1) is 0 Å². The lowest BCUT2D eigenvalue weighted by Crippen LogP contribution is -2.13. The number of nitrogens with zero attached hydrogens (tertiary/aromatic N) is 2. The summed E-state index contributed by atoms with van der Waals surface area (Å²) in [5.74, 6) is 7.99. The molecule has 0 saturated heterocycles. The predicted molar refractivity (Wildman–Crippen MR) is 81.6 cm³/mol. The number of para-hydroxylation sites is 2.